The second-order valence-electron chi connectivity index (χ2n) is 3.82. The van der Waals surface area contributed by atoms with Crippen LogP contribution in [-0.2, 0) is 6.42 Å². The fourth-order valence-corrected chi connectivity index (χ4v) is 1.54. The predicted octanol–water partition coefficient (Wildman–Crippen LogP) is 3.21. The van der Waals surface area contributed by atoms with E-state index in [0.29, 0.717) is 5.70 Å². The number of amides is 2. The SMILES string of the molecule is C=C(C)NC(=O)Nc1c(C)cccc1CC. The van der Waals surface area contributed by atoms with Gasteiger partial charge in [0.25, 0.3) is 0 Å². The average molecular weight is 218 g/mol. The lowest BCUT2D eigenvalue weighted by Crippen LogP contribution is -2.27. The van der Waals surface area contributed by atoms with Crippen molar-refractivity contribution in [1.29, 1.82) is 0 Å². The topological polar surface area (TPSA) is 41.1 Å². The van der Waals surface area contributed by atoms with Crippen molar-refractivity contribution in [1.82, 2.24) is 5.32 Å². The smallest absolute Gasteiger partial charge is 0.312 e. The molecule has 0 heterocycles. The largest absolute Gasteiger partial charge is 0.323 e. The molecule has 86 valence electrons. The number of carbonyl (C=O) groups excluding carboxylic acids is 1. The van der Waals surface area contributed by atoms with Crippen molar-refractivity contribution in [2.75, 3.05) is 5.32 Å². The molecule has 0 saturated heterocycles. The van der Waals surface area contributed by atoms with Crippen molar-refractivity contribution in [3.05, 3.63) is 41.6 Å². The van der Waals surface area contributed by atoms with Crippen LogP contribution in [0.2, 0.25) is 0 Å². The highest BCUT2D eigenvalue weighted by molar-refractivity contribution is 5.91. The van der Waals surface area contributed by atoms with Crippen LogP contribution < -0.4 is 10.6 Å². The van der Waals surface area contributed by atoms with Crippen LogP contribution in [0.25, 0.3) is 0 Å². The van der Waals surface area contributed by atoms with Gasteiger partial charge < -0.3 is 10.6 Å². The first-order valence-corrected chi connectivity index (χ1v) is 5.36. The lowest BCUT2D eigenvalue weighted by Gasteiger charge is -2.13. The predicted molar refractivity (Wildman–Crippen MR) is 67.5 cm³/mol. The Labute approximate surface area is 96.6 Å². The van der Waals surface area contributed by atoms with Gasteiger partial charge >= 0.3 is 6.03 Å². The molecule has 1 aromatic rings. The van der Waals surface area contributed by atoms with E-state index < -0.39 is 0 Å². The molecule has 1 rings (SSSR count). The molecule has 0 atom stereocenters. The molecule has 1 aromatic carbocycles. The van der Waals surface area contributed by atoms with Gasteiger partial charge in [-0.1, -0.05) is 31.7 Å². The van der Waals surface area contributed by atoms with Crippen molar-refractivity contribution < 1.29 is 4.79 Å². The molecule has 2 N–H and O–H groups in total. The van der Waals surface area contributed by atoms with Gasteiger partial charge in [-0.25, -0.2) is 4.79 Å². The van der Waals surface area contributed by atoms with Gasteiger partial charge in [-0.05, 0) is 31.4 Å². The molecule has 0 saturated carbocycles. The van der Waals surface area contributed by atoms with Gasteiger partial charge in [0.2, 0.25) is 0 Å². The summed E-state index contributed by atoms with van der Waals surface area (Å²) in [4.78, 5) is 11.6. The Morgan fingerprint density at radius 1 is 1.44 bits per heavy atom. The first-order valence-electron chi connectivity index (χ1n) is 5.36. The summed E-state index contributed by atoms with van der Waals surface area (Å²) >= 11 is 0. The average Bonchev–Trinajstić information content (AvgIpc) is 2.20. The minimum absolute atomic E-state index is 0.239. The molecular weight excluding hydrogens is 200 g/mol. The molecule has 0 aliphatic carbocycles. The van der Waals surface area contributed by atoms with Crippen LogP contribution in [-0.4, -0.2) is 6.03 Å². The quantitative estimate of drug-likeness (QED) is 0.803. The van der Waals surface area contributed by atoms with E-state index in [1.165, 1.54) is 0 Å². The minimum Gasteiger partial charge on any atom is -0.312 e. The van der Waals surface area contributed by atoms with Crippen molar-refractivity contribution in [3.8, 4) is 0 Å². The van der Waals surface area contributed by atoms with E-state index >= 15 is 0 Å². The number of rotatable bonds is 3. The van der Waals surface area contributed by atoms with Crippen LogP contribution in [0.3, 0.4) is 0 Å². The van der Waals surface area contributed by atoms with Crippen molar-refractivity contribution in [2.45, 2.75) is 27.2 Å². The maximum atomic E-state index is 11.6. The van der Waals surface area contributed by atoms with E-state index in [1.54, 1.807) is 6.92 Å². The maximum Gasteiger partial charge on any atom is 0.323 e. The normalized spacial score (nSPS) is 9.69. The van der Waals surface area contributed by atoms with E-state index in [-0.39, 0.29) is 6.03 Å². The summed E-state index contributed by atoms with van der Waals surface area (Å²) in [5.41, 5.74) is 3.72. The van der Waals surface area contributed by atoms with E-state index in [0.717, 1.165) is 23.2 Å². The molecule has 0 spiro atoms. The molecule has 3 heteroatoms. The maximum absolute atomic E-state index is 11.6. The van der Waals surface area contributed by atoms with Crippen LogP contribution in [0.5, 0.6) is 0 Å². The number of hydrogen-bond donors (Lipinski definition) is 2. The minimum atomic E-state index is -0.239. The molecule has 0 aliphatic heterocycles. The van der Waals surface area contributed by atoms with E-state index in [4.69, 9.17) is 0 Å². The van der Waals surface area contributed by atoms with E-state index in [9.17, 15) is 4.79 Å². The van der Waals surface area contributed by atoms with Gasteiger partial charge in [-0.15, -0.1) is 0 Å². The number of carbonyl (C=O) groups is 1. The van der Waals surface area contributed by atoms with Gasteiger partial charge in [-0.2, -0.15) is 0 Å². The highest BCUT2D eigenvalue weighted by Gasteiger charge is 2.07. The third-order valence-electron chi connectivity index (χ3n) is 2.31. The number of allylic oxidation sites excluding steroid dienone is 1. The van der Waals surface area contributed by atoms with Gasteiger partial charge in [-0.3, -0.25) is 0 Å². The van der Waals surface area contributed by atoms with Crippen molar-refractivity contribution in [3.63, 3.8) is 0 Å². The number of aryl methyl sites for hydroxylation is 2. The lowest BCUT2D eigenvalue weighted by atomic mass is 10.1. The first kappa shape index (κ1) is 12.3. The zero-order valence-corrected chi connectivity index (χ0v) is 10.1. The molecule has 0 aliphatic rings. The Hall–Kier alpha value is -1.77. The standard InChI is InChI=1S/C13H18N2O/c1-5-11-8-6-7-10(4)12(11)15-13(16)14-9(2)3/h6-8H,2,5H2,1,3-4H3,(H2,14,15,16). The number of benzene rings is 1. The number of anilines is 1. The lowest BCUT2D eigenvalue weighted by molar-refractivity contribution is 0.254. The fraction of sp³-hybridized carbons (Fsp3) is 0.308. The van der Waals surface area contributed by atoms with Gasteiger partial charge in [0.15, 0.2) is 0 Å². The molecular formula is C13H18N2O. The zero-order chi connectivity index (χ0) is 12.1. The molecule has 0 unspecified atom stereocenters. The fourth-order valence-electron chi connectivity index (χ4n) is 1.54. The molecule has 2 amide bonds. The Bertz CT molecular complexity index is 410. The van der Waals surface area contributed by atoms with Crippen molar-refractivity contribution >= 4 is 11.7 Å². The van der Waals surface area contributed by atoms with Crippen LogP contribution in [0.4, 0.5) is 10.5 Å². The number of nitrogens with one attached hydrogen (secondary N) is 2. The summed E-state index contributed by atoms with van der Waals surface area (Å²) in [6.07, 6.45) is 0.893. The number of hydrogen-bond acceptors (Lipinski definition) is 1. The third-order valence-corrected chi connectivity index (χ3v) is 2.31. The summed E-state index contributed by atoms with van der Waals surface area (Å²) in [6.45, 7) is 9.43. The number of urea groups is 1. The van der Waals surface area contributed by atoms with E-state index in [2.05, 4.69) is 24.1 Å². The van der Waals surface area contributed by atoms with Gasteiger partial charge in [0, 0.05) is 11.4 Å². The van der Waals surface area contributed by atoms with Gasteiger partial charge in [0.05, 0.1) is 0 Å². The summed E-state index contributed by atoms with van der Waals surface area (Å²) in [7, 11) is 0. The van der Waals surface area contributed by atoms with Crippen molar-refractivity contribution in [2.24, 2.45) is 0 Å². The molecule has 0 radical (unpaired) electrons. The zero-order valence-electron chi connectivity index (χ0n) is 10.1. The Balaban J connectivity index is 2.87. The van der Waals surface area contributed by atoms with Crippen LogP contribution >= 0.6 is 0 Å². The Kier molecular flexibility index (Phi) is 4.11. The second kappa shape index (κ2) is 5.35. The Morgan fingerprint density at radius 3 is 2.69 bits per heavy atom. The summed E-state index contributed by atoms with van der Waals surface area (Å²) < 4.78 is 0. The molecule has 16 heavy (non-hydrogen) atoms. The van der Waals surface area contributed by atoms with Crippen LogP contribution in [0, 0.1) is 6.92 Å². The summed E-state index contributed by atoms with van der Waals surface area (Å²) in [6, 6.07) is 5.76. The summed E-state index contributed by atoms with van der Waals surface area (Å²) in [5, 5.41) is 5.48. The first-order chi connectivity index (χ1) is 7.54. The summed E-state index contributed by atoms with van der Waals surface area (Å²) in [5.74, 6) is 0. The van der Waals surface area contributed by atoms with Crippen LogP contribution in [0.15, 0.2) is 30.5 Å². The monoisotopic (exact) mass is 218 g/mol. The highest BCUT2D eigenvalue weighted by atomic mass is 16.2. The molecule has 0 fully saturated rings. The number of para-hydroxylation sites is 1. The van der Waals surface area contributed by atoms with Gasteiger partial charge in [0.1, 0.15) is 0 Å². The molecule has 0 bridgehead atoms. The van der Waals surface area contributed by atoms with E-state index in [1.807, 2.05) is 25.1 Å². The highest BCUT2D eigenvalue weighted by Crippen LogP contribution is 2.20. The third kappa shape index (κ3) is 3.12. The molecule has 0 aromatic heterocycles. The van der Waals surface area contributed by atoms with Crippen LogP contribution in [0.1, 0.15) is 25.0 Å². The second-order valence-corrected chi connectivity index (χ2v) is 3.82. The Morgan fingerprint density at radius 2 is 2.12 bits per heavy atom. The molecule has 3 nitrogen and oxygen atoms in total.